The van der Waals surface area contributed by atoms with E-state index in [2.05, 4.69) is 10.6 Å². The molecule has 3 aliphatic heterocycles. The monoisotopic (exact) mass is 528 g/mol. The Morgan fingerprint density at radius 1 is 1.11 bits per heavy atom. The first-order valence-electron chi connectivity index (χ1n) is 12.0. The molecule has 2 aromatic carbocycles. The van der Waals surface area contributed by atoms with Crippen molar-refractivity contribution < 1.29 is 32.3 Å². The summed E-state index contributed by atoms with van der Waals surface area (Å²) in [5, 5.41) is 5.45. The Kier molecular flexibility index (Phi) is 6.42. The molecule has 0 unspecified atom stereocenters. The highest BCUT2D eigenvalue weighted by molar-refractivity contribution is 7.89. The maximum absolute atomic E-state index is 13.6. The van der Waals surface area contributed by atoms with E-state index in [1.165, 1.54) is 17.3 Å². The molecule has 0 radical (unpaired) electrons. The molecule has 0 bridgehead atoms. The predicted molar refractivity (Wildman–Crippen MR) is 132 cm³/mol. The molecule has 2 aromatic rings. The first kappa shape index (κ1) is 25.2. The number of nitrogens with one attached hydrogen (secondary N) is 2. The van der Waals surface area contributed by atoms with E-state index >= 15 is 0 Å². The van der Waals surface area contributed by atoms with Gasteiger partial charge in [-0.25, -0.2) is 18.1 Å². The smallest absolute Gasteiger partial charge is 0.326 e. The molecule has 5 rings (SSSR count). The largest absolute Gasteiger partial charge is 0.493 e. The predicted octanol–water partition coefficient (Wildman–Crippen LogP) is 1.57. The zero-order valence-corrected chi connectivity index (χ0v) is 21.3. The first-order chi connectivity index (χ1) is 17.6. The van der Waals surface area contributed by atoms with E-state index in [0.29, 0.717) is 30.1 Å². The van der Waals surface area contributed by atoms with Crippen LogP contribution in [0.3, 0.4) is 0 Å². The van der Waals surface area contributed by atoms with Gasteiger partial charge in [-0.05, 0) is 37.6 Å². The summed E-state index contributed by atoms with van der Waals surface area (Å²) < 4.78 is 38.6. The average molecular weight is 529 g/mol. The Hall–Kier alpha value is -3.48. The minimum absolute atomic E-state index is 0.0765. The van der Waals surface area contributed by atoms with Crippen molar-refractivity contribution in [2.75, 3.05) is 38.2 Å². The molecule has 12 heteroatoms. The average Bonchev–Trinajstić information content (AvgIpc) is 3.14. The summed E-state index contributed by atoms with van der Waals surface area (Å²) in [6.45, 7) is 4.50. The van der Waals surface area contributed by atoms with Crippen LogP contribution in [0, 0.1) is 6.92 Å². The number of anilines is 1. The van der Waals surface area contributed by atoms with Crippen LogP contribution in [0.25, 0.3) is 0 Å². The number of para-hydroxylation sites is 1. The lowest BCUT2D eigenvalue weighted by atomic mass is 9.84. The summed E-state index contributed by atoms with van der Waals surface area (Å²) in [6, 6.07) is 9.75. The molecule has 2 saturated heterocycles. The number of urea groups is 1. The number of sulfonamides is 1. The Morgan fingerprint density at radius 3 is 2.59 bits per heavy atom. The van der Waals surface area contributed by atoms with Gasteiger partial charge in [0, 0.05) is 30.8 Å². The lowest BCUT2D eigenvalue weighted by Crippen LogP contribution is -2.49. The summed E-state index contributed by atoms with van der Waals surface area (Å²) in [6.07, 6.45) is 0.236. The van der Waals surface area contributed by atoms with Gasteiger partial charge in [-0.3, -0.25) is 9.59 Å². The highest BCUT2D eigenvalue weighted by atomic mass is 32.2. The second-order valence-corrected chi connectivity index (χ2v) is 11.2. The standard InChI is InChI=1S/C25H28N4O7S/c1-16-7-8-18(15-21(16)37(33,34)28-10-13-35-14-11-28)26-22(30)17(2)29-23(31)25(27-24(29)32)9-12-36-20-6-4-3-5-19(20)25/h3-8,15,17H,9-14H2,1-2H3,(H,26,30)(H,27,32)/t17-,25-/m1/s1. The van der Waals surface area contributed by atoms with Gasteiger partial charge in [0.2, 0.25) is 15.9 Å². The number of fused-ring (bicyclic) bond motifs is 2. The van der Waals surface area contributed by atoms with Crippen molar-refractivity contribution in [1.82, 2.24) is 14.5 Å². The molecule has 0 aliphatic carbocycles. The third kappa shape index (κ3) is 4.24. The van der Waals surface area contributed by atoms with E-state index < -0.39 is 39.4 Å². The summed E-state index contributed by atoms with van der Waals surface area (Å²) >= 11 is 0. The van der Waals surface area contributed by atoms with Crippen LogP contribution in [-0.4, -0.2) is 74.4 Å². The number of nitrogens with zero attached hydrogens (tertiary/aromatic N) is 2. The molecule has 4 amide bonds. The molecule has 37 heavy (non-hydrogen) atoms. The zero-order valence-electron chi connectivity index (χ0n) is 20.5. The van der Waals surface area contributed by atoms with Gasteiger partial charge in [-0.1, -0.05) is 24.3 Å². The van der Waals surface area contributed by atoms with Crippen molar-refractivity contribution in [2.45, 2.75) is 36.7 Å². The van der Waals surface area contributed by atoms with Gasteiger partial charge in [-0.2, -0.15) is 4.31 Å². The molecule has 1 spiro atoms. The summed E-state index contributed by atoms with van der Waals surface area (Å²) in [5.74, 6) is -0.648. The van der Waals surface area contributed by atoms with Crippen LogP contribution in [0.2, 0.25) is 0 Å². The number of imide groups is 1. The Morgan fingerprint density at radius 2 is 1.84 bits per heavy atom. The molecule has 0 aromatic heterocycles. The lowest BCUT2D eigenvalue weighted by molar-refractivity contribution is -0.137. The van der Waals surface area contributed by atoms with E-state index in [1.54, 1.807) is 43.3 Å². The van der Waals surface area contributed by atoms with Crippen molar-refractivity contribution in [1.29, 1.82) is 0 Å². The maximum Gasteiger partial charge on any atom is 0.326 e. The number of morpholine rings is 1. The first-order valence-corrected chi connectivity index (χ1v) is 13.5. The summed E-state index contributed by atoms with van der Waals surface area (Å²) in [4.78, 5) is 40.7. The molecule has 3 aliphatic rings. The molecule has 2 N–H and O–H groups in total. The number of amides is 4. The van der Waals surface area contributed by atoms with Crippen LogP contribution in [0.1, 0.15) is 24.5 Å². The van der Waals surface area contributed by atoms with Crippen molar-refractivity contribution in [3.05, 3.63) is 53.6 Å². The Balaban J connectivity index is 1.37. The van der Waals surface area contributed by atoms with Gasteiger partial charge in [-0.15, -0.1) is 0 Å². The Bertz CT molecular complexity index is 1370. The van der Waals surface area contributed by atoms with Crippen LogP contribution in [0.5, 0.6) is 5.75 Å². The fraction of sp³-hybridized carbons (Fsp3) is 0.400. The Labute approximate surface area is 214 Å². The fourth-order valence-electron chi connectivity index (χ4n) is 4.94. The second kappa shape index (κ2) is 9.43. The molecular weight excluding hydrogens is 500 g/mol. The number of ether oxygens (including phenoxy) is 2. The zero-order chi connectivity index (χ0) is 26.4. The van der Waals surface area contributed by atoms with Crippen molar-refractivity contribution in [3.63, 3.8) is 0 Å². The minimum Gasteiger partial charge on any atom is -0.493 e. The van der Waals surface area contributed by atoms with Crippen LogP contribution >= 0.6 is 0 Å². The number of hydrogen-bond acceptors (Lipinski definition) is 7. The molecular formula is C25H28N4O7S. The van der Waals surface area contributed by atoms with Gasteiger partial charge in [0.25, 0.3) is 5.91 Å². The summed E-state index contributed by atoms with van der Waals surface area (Å²) in [5.41, 5.74) is 0.0226. The van der Waals surface area contributed by atoms with E-state index in [9.17, 15) is 22.8 Å². The molecule has 196 valence electrons. The van der Waals surface area contributed by atoms with Gasteiger partial charge < -0.3 is 20.1 Å². The van der Waals surface area contributed by atoms with E-state index in [4.69, 9.17) is 9.47 Å². The number of benzene rings is 2. The van der Waals surface area contributed by atoms with Crippen molar-refractivity contribution in [2.24, 2.45) is 0 Å². The van der Waals surface area contributed by atoms with Crippen molar-refractivity contribution in [3.8, 4) is 5.75 Å². The topological polar surface area (TPSA) is 134 Å². The maximum atomic E-state index is 13.6. The van der Waals surface area contributed by atoms with Crippen LogP contribution in [-0.2, 0) is 29.9 Å². The number of hydrogen-bond donors (Lipinski definition) is 2. The van der Waals surface area contributed by atoms with Crippen molar-refractivity contribution >= 4 is 33.6 Å². The van der Waals surface area contributed by atoms with Crippen LogP contribution in [0.15, 0.2) is 47.4 Å². The third-order valence-corrected chi connectivity index (χ3v) is 9.06. The SMILES string of the molecule is Cc1ccc(NC(=O)[C@@H](C)N2C(=O)N[C@@]3(CCOc4ccccc43)C2=O)cc1S(=O)(=O)N1CCOCC1. The highest BCUT2D eigenvalue weighted by Crippen LogP contribution is 2.41. The fourth-order valence-corrected chi connectivity index (χ4v) is 6.60. The van der Waals surface area contributed by atoms with Crippen LogP contribution < -0.4 is 15.4 Å². The number of carbonyl (C=O) groups excluding carboxylic acids is 3. The van der Waals surface area contributed by atoms with Gasteiger partial charge >= 0.3 is 6.03 Å². The third-order valence-electron chi connectivity index (χ3n) is 7.01. The van der Waals surface area contributed by atoms with Gasteiger partial charge in [0.1, 0.15) is 11.8 Å². The lowest BCUT2D eigenvalue weighted by Gasteiger charge is -2.33. The van der Waals surface area contributed by atoms with Crippen LogP contribution in [0.4, 0.5) is 10.5 Å². The normalized spacial score (nSPS) is 22.8. The molecule has 11 nitrogen and oxygen atoms in total. The quantitative estimate of drug-likeness (QED) is 0.563. The minimum atomic E-state index is -3.79. The molecule has 2 fully saturated rings. The molecule has 3 heterocycles. The van der Waals surface area contributed by atoms with E-state index in [1.807, 2.05) is 0 Å². The number of carbonyl (C=O) groups is 3. The van der Waals surface area contributed by atoms with E-state index in [-0.39, 0.29) is 36.7 Å². The van der Waals surface area contributed by atoms with E-state index in [0.717, 1.165) is 4.90 Å². The van der Waals surface area contributed by atoms with Gasteiger partial charge in [0.15, 0.2) is 5.54 Å². The number of aryl methyl sites for hydroxylation is 1. The molecule has 0 saturated carbocycles. The van der Waals surface area contributed by atoms with Gasteiger partial charge in [0.05, 0.1) is 24.7 Å². The second-order valence-electron chi connectivity index (χ2n) is 9.27. The number of rotatable bonds is 5. The highest BCUT2D eigenvalue weighted by Gasteiger charge is 2.56. The summed E-state index contributed by atoms with van der Waals surface area (Å²) in [7, 11) is -3.79. The molecule has 2 atom stereocenters.